The minimum Gasteiger partial charge on any atom is -0.463 e. The first-order valence-electron chi connectivity index (χ1n) is 21.1. The molecule has 0 fully saturated rings. The van der Waals surface area contributed by atoms with Gasteiger partial charge in [0.15, 0.2) is 0 Å². The summed E-state index contributed by atoms with van der Waals surface area (Å²) in [6.45, 7) is 4.12. The number of aliphatic hydroxyl groups excluding tert-OH is 1. The van der Waals surface area contributed by atoms with E-state index in [2.05, 4.69) is 98.9 Å². The number of rotatable bonds is 37. The third kappa shape index (κ3) is 41.5. The zero-order valence-electron chi connectivity index (χ0n) is 33.5. The predicted octanol–water partition coefficient (Wildman–Crippen LogP) is 13.5. The van der Waals surface area contributed by atoms with Crippen LogP contribution in [-0.4, -0.2) is 36.4 Å². The Morgan fingerprint density at radius 3 is 1.12 bits per heavy atom. The fraction of sp³-hybridized carbons (Fsp3) is 0.660. The molecular weight excluding hydrogens is 645 g/mol. The summed E-state index contributed by atoms with van der Waals surface area (Å²) >= 11 is 0. The fourth-order valence-electron chi connectivity index (χ4n) is 5.44. The first-order chi connectivity index (χ1) is 25.6. The quantitative estimate of drug-likeness (QED) is 0.0393. The first-order valence-corrected chi connectivity index (χ1v) is 21.1. The normalized spacial score (nSPS) is 13.1. The summed E-state index contributed by atoms with van der Waals surface area (Å²) in [6, 6.07) is 0. The molecule has 0 spiro atoms. The number of carbonyl (C=O) groups excluding carboxylic acids is 2. The molecule has 0 aliphatic rings. The number of aliphatic hydroxyl groups is 1. The van der Waals surface area contributed by atoms with E-state index in [1.807, 2.05) is 0 Å². The number of hydrogen-bond acceptors (Lipinski definition) is 5. The summed E-state index contributed by atoms with van der Waals surface area (Å²) < 4.78 is 10.3. The molecule has 0 aliphatic heterocycles. The smallest absolute Gasteiger partial charge is 0.305 e. The van der Waals surface area contributed by atoms with Gasteiger partial charge in [-0.3, -0.25) is 9.59 Å². The topological polar surface area (TPSA) is 72.8 Å². The summed E-state index contributed by atoms with van der Waals surface area (Å²) in [4.78, 5) is 24.0. The molecule has 0 saturated heterocycles. The number of carbonyl (C=O) groups is 2. The van der Waals surface area contributed by atoms with Crippen LogP contribution >= 0.6 is 0 Å². The lowest BCUT2D eigenvalue weighted by molar-refractivity contribution is -0.152. The van der Waals surface area contributed by atoms with Crippen molar-refractivity contribution < 1.29 is 24.2 Å². The van der Waals surface area contributed by atoms with E-state index in [0.717, 1.165) is 83.5 Å². The molecule has 0 rings (SSSR count). The predicted molar refractivity (Wildman–Crippen MR) is 223 cm³/mol. The van der Waals surface area contributed by atoms with Gasteiger partial charge >= 0.3 is 11.9 Å². The Kier molecular flexibility index (Phi) is 40.1. The van der Waals surface area contributed by atoms with E-state index in [4.69, 9.17) is 9.47 Å². The summed E-state index contributed by atoms with van der Waals surface area (Å²) in [7, 11) is 0. The molecule has 5 heteroatoms. The lowest BCUT2D eigenvalue weighted by atomic mass is 10.1. The van der Waals surface area contributed by atoms with Gasteiger partial charge in [-0.2, -0.15) is 0 Å². The number of hydrogen-bond donors (Lipinski definition) is 1. The van der Waals surface area contributed by atoms with Gasteiger partial charge in [-0.05, 0) is 89.9 Å². The molecule has 1 atom stereocenters. The molecule has 0 saturated carbocycles. The second-order valence-electron chi connectivity index (χ2n) is 13.7. The van der Waals surface area contributed by atoms with Crippen LogP contribution < -0.4 is 0 Å². The van der Waals surface area contributed by atoms with Crippen molar-refractivity contribution in [1.82, 2.24) is 0 Å². The Bertz CT molecular complexity index is 999. The molecule has 0 bridgehead atoms. The van der Waals surface area contributed by atoms with Gasteiger partial charge in [0.25, 0.3) is 0 Å². The van der Waals surface area contributed by atoms with E-state index in [9.17, 15) is 14.7 Å². The molecular formula is C47H78O5. The molecule has 0 unspecified atom stereocenters. The van der Waals surface area contributed by atoms with Crippen molar-refractivity contribution in [2.45, 2.75) is 187 Å². The minimum absolute atomic E-state index is 0.134. The van der Waals surface area contributed by atoms with Crippen molar-refractivity contribution >= 4 is 11.9 Å². The number of allylic oxidation sites excluding steroid dienone is 14. The fourth-order valence-corrected chi connectivity index (χ4v) is 5.44. The third-order valence-corrected chi connectivity index (χ3v) is 8.61. The van der Waals surface area contributed by atoms with E-state index in [1.165, 1.54) is 70.6 Å². The Morgan fingerprint density at radius 1 is 0.423 bits per heavy atom. The van der Waals surface area contributed by atoms with Crippen LogP contribution in [0.4, 0.5) is 0 Å². The van der Waals surface area contributed by atoms with Crippen LogP contribution in [0, 0.1) is 0 Å². The highest BCUT2D eigenvalue weighted by Gasteiger charge is 2.12. The highest BCUT2D eigenvalue weighted by atomic mass is 16.6. The zero-order valence-corrected chi connectivity index (χ0v) is 33.5. The van der Waals surface area contributed by atoms with E-state index in [-0.39, 0.29) is 25.2 Å². The maximum Gasteiger partial charge on any atom is 0.305 e. The molecule has 0 heterocycles. The highest BCUT2D eigenvalue weighted by Crippen LogP contribution is 2.12. The third-order valence-electron chi connectivity index (χ3n) is 8.61. The lowest BCUT2D eigenvalue weighted by Crippen LogP contribution is -2.25. The van der Waals surface area contributed by atoms with Crippen molar-refractivity contribution in [3.8, 4) is 0 Å². The van der Waals surface area contributed by atoms with Gasteiger partial charge in [0.1, 0.15) is 19.3 Å². The molecule has 0 aromatic rings. The van der Waals surface area contributed by atoms with Gasteiger partial charge in [0, 0.05) is 12.8 Å². The molecule has 5 nitrogen and oxygen atoms in total. The summed E-state index contributed by atoms with van der Waals surface area (Å²) in [5.74, 6) is -0.612. The number of esters is 2. The van der Waals surface area contributed by atoms with Crippen LogP contribution in [0.1, 0.15) is 181 Å². The van der Waals surface area contributed by atoms with Crippen LogP contribution in [-0.2, 0) is 19.1 Å². The van der Waals surface area contributed by atoms with E-state index >= 15 is 0 Å². The molecule has 0 aliphatic carbocycles. The zero-order chi connectivity index (χ0) is 37.8. The van der Waals surface area contributed by atoms with Crippen LogP contribution in [0.3, 0.4) is 0 Å². The maximum absolute atomic E-state index is 12.0. The van der Waals surface area contributed by atoms with Gasteiger partial charge in [-0.1, -0.05) is 163 Å². The van der Waals surface area contributed by atoms with Gasteiger partial charge in [-0.25, -0.2) is 0 Å². The Balaban J connectivity index is 3.53. The molecule has 0 aromatic carbocycles. The lowest BCUT2D eigenvalue weighted by Gasteiger charge is -2.12. The van der Waals surface area contributed by atoms with Crippen molar-refractivity contribution in [2.24, 2.45) is 0 Å². The Labute approximate surface area is 320 Å². The average Bonchev–Trinajstić information content (AvgIpc) is 3.15. The van der Waals surface area contributed by atoms with Crippen molar-refractivity contribution in [3.05, 3.63) is 85.1 Å². The number of unbranched alkanes of at least 4 members (excludes halogenated alkanes) is 15. The van der Waals surface area contributed by atoms with Gasteiger partial charge < -0.3 is 14.6 Å². The van der Waals surface area contributed by atoms with E-state index in [1.54, 1.807) is 0 Å². The monoisotopic (exact) mass is 723 g/mol. The van der Waals surface area contributed by atoms with Crippen molar-refractivity contribution in [2.75, 3.05) is 13.2 Å². The Morgan fingerprint density at radius 2 is 0.731 bits per heavy atom. The highest BCUT2D eigenvalue weighted by molar-refractivity contribution is 5.69. The summed E-state index contributed by atoms with van der Waals surface area (Å²) in [5.41, 5.74) is 0. The SMILES string of the molecule is CC/C=C\C/C=C\C/C=C\C/C=C\C/C=C\CCCCCC(=O)OC[C@H](O)COC(=O)CCCCCCCCCCC/C=C\C/C=C\CCCCC. The second kappa shape index (κ2) is 42.5. The average molecular weight is 723 g/mol. The van der Waals surface area contributed by atoms with E-state index < -0.39 is 6.10 Å². The van der Waals surface area contributed by atoms with Gasteiger partial charge in [-0.15, -0.1) is 0 Å². The standard InChI is InChI=1S/C47H78O5/c1-3-5-7-9-11-13-15-17-19-21-23-25-27-29-31-33-35-37-39-41-46(49)51-43-45(48)44-52-47(50)42-40-38-36-34-32-30-28-26-24-22-20-18-16-14-12-10-8-6-4-2/h5,7,11-14,17-20,23,25,29,31,45,48H,3-4,6,8-10,15-16,21-22,24,26-28,30,32-44H2,1-2H3/b7-5-,13-11-,14-12-,19-17-,20-18-,25-23-,31-29-/t45-/m0/s1. The molecule has 0 amide bonds. The van der Waals surface area contributed by atoms with Gasteiger partial charge in [0.05, 0.1) is 0 Å². The van der Waals surface area contributed by atoms with Crippen LogP contribution in [0.2, 0.25) is 0 Å². The van der Waals surface area contributed by atoms with Crippen LogP contribution in [0.25, 0.3) is 0 Å². The molecule has 296 valence electrons. The molecule has 1 N–H and O–H groups in total. The molecule has 52 heavy (non-hydrogen) atoms. The second-order valence-corrected chi connectivity index (χ2v) is 13.7. The molecule has 0 radical (unpaired) electrons. The van der Waals surface area contributed by atoms with E-state index in [0.29, 0.717) is 12.8 Å². The summed E-state index contributed by atoms with van der Waals surface area (Å²) in [6.07, 6.45) is 57.8. The first kappa shape index (κ1) is 49.1. The largest absolute Gasteiger partial charge is 0.463 e. The maximum atomic E-state index is 12.0. The molecule has 0 aromatic heterocycles. The van der Waals surface area contributed by atoms with Crippen molar-refractivity contribution in [1.29, 1.82) is 0 Å². The van der Waals surface area contributed by atoms with Crippen molar-refractivity contribution in [3.63, 3.8) is 0 Å². The van der Waals surface area contributed by atoms with Gasteiger partial charge in [0.2, 0.25) is 0 Å². The Hall–Kier alpha value is -2.92. The number of ether oxygens (including phenoxy) is 2. The minimum atomic E-state index is -0.985. The van der Waals surface area contributed by atoms with Crippen LogP contribution in [0.5, 0.6) is 0 Å². The van der Waals surface area contributed by atoms with Crippen LogP contribution in [0.15, 0.2) is 85.1 Å². The summed E-state index contributed by atoms with van der Waals surface area (Å²) in [5, 5.41) is 10.0.